The van der Waals surface area contributed by atoms with Crippen molar-refractivity contribution in [3.05, 3.63) is 69.9 Å². The number of aliphatic imine (C=N–C) groups is 1. The zero-order valence-corrected chi connectivity index (χ0v) is 26.0. The standard InChI is InChI=1S/C33H43ClN4O5/c1-4-35-25(3)24(2)26-14-16-27(17-15-26)30(38-23-41)20-32(42)36-18-7-5-6-10-28-11-8-13-31(33(28)34)43-21-29(37-22-40)12-9-19-39/h4,8,11,13-17,19,22-23,29-30H,5-7,9-10,12,18,20-21H2,1-3H3,(H,36,42)(H,37,40)(H,38,41)/b25-24+,35-4?. The number of nitrogens with zero attached hydrogens (tertiary/aromatic N) is 1. The molecule has 0 aliphatic carbocycles. The average Bonchev–Trinajstić information content (AvgIpc) is 3.01. The van der Waals surface area contributed by atoms with Crippen LogP contribution in [0.1, 0.15) is 82.0 Å². The minimum absolute atomic E-state index is 0.129. The smallest absolute Gasteiger partial charge is 0.222 e. The second kappa shape index (κ2) is 20.0. The van der Waals surface area contributed by atoms with Gasteiger partial charge in [-0.05, 0) is 74.8 Å². The summed E-state index contributed by atoms with van der Waals surface area (Å²) in [6.45, 7) is 6.60. The summed E-state index contributed by atoms with van der Waals surface area (Å²) in [5.41, 5.74) is 4.85. The van der Waals surface area contributed by atoms with Crippen LogP contribution in [0.25, 0.3) is 5.57 Å². The molecule has 0 fully saturated rings. The highest BCUT2D eigenvalue weighted by atomic mass is 35.5. The van der Waals surface area contributed by atoms with Crippen molar-refractivity contribution in [3.63, 3.8) is 0 Å². The van der Waals surface area contributed by atoms with Crippen LogP contribution in [0, 0.1) is 0 Å². The second-order valence-corrected chi connectivity index (χ2v) is 10.6. The van der Waals surface area contributed by atoms with E-state index in [4.69, 9.17) is 16.3 Å². The zero-order valence-electron chi connectivity index (χ0n) is 25.2. The maximum absolute atomic E-state index is 12.6. The number of unbranched alkanes of at least 4 members (excludes halogenated alkanes) is 2. The van der Waals surface area contributed by atoms with Gasteiger partial charge in [0.1, 0.15) is 18.6 Å². The van der Waals surface area contributed by atoms with Crippen molar-refractivity contribution in [2.75, 3.05) is 13.2 Å². The van der Waals surface area contributed by atoms with Gasteiger partial charge < -0.3 is 25.5 Å². The molecule has 2 unspecified atom stereocenters. The largest absolute Gasteiger partial charge is 0.490 e. The quantitative estimate of drug-likeness (QED) is 0.0996. The SMILES string of the molecule is CC=N/C(C)=C(\C)c1ccc(C(CC(=O)NCCCCCc2cccc(OCC(CCC=O)NC=O)c2Cl)NC=O)cc1. The van der Waals surface area contributed by atoms with Gasteiger partial charge in [-0.25, -0.2) is 0 Å². The molecule has 10 heteroatoms. The number of rotatable bonds is 21. The van der Waals surface area contributed by atoms with Gasteiger partial charge in [-0.15, -0.1) is 0 Å². The molecule has 9 nitrogen and oxygen atoms in total. The van der Waals surface area contributed by atoms with Crippen molar-refractivity contribution in [1.82, 2.24) is 16.0 Å². The molecule has 0 aromatic heterocycles. The van der Waals surface area contributed by atoms with Crippen molar-refractivity contribution in [2.45, 2.75) is 77.8 Å². The number of benzene rings is 2. The van der Waals surface area contributed by atoms with Crippen LogP contribution in [-0.4, -0.2) is 50.4 Å². The van der Waals surface area contributed by atoms with E-state index in [1.807, 2.05) is 57.2 Å². The first-order valence-corrected chi connectivity index (χ1v) is 15.0. The van der Waals surface area contributed by atoms with E-state index in [9.17, 15) is 19.2 Å². The van der Waals surface area contributed by atoms with Gasteiger partial charge in [-0.3, -0.25) is 19.4 Å². The Morgan fingerprint density at radius 3 is 2.42 bits per heavy atom. The maximum atomic E-state index is 12.6. The third kappa shape index (κ3) is 12.4. The average molecular weight is 611 g/mol. The normalized spacial score (nSPS) is 13.0. The van der Waals surface area contributed by atoms with E-state index >= 15 is 0 Å². The van der Waals surface area contributed by atoms with Gasteiger partial charge in [0.2, 0.25) is 18.7 Å². The molecule has 0 bridgehead atoms. The molecule has 0 aliphatic rings. The van der Waals surface area contributed by atoms with Crippen LogP contribution >= 0.6 is 11.6 Å². The van der Waals surface area contributed by atoms with Gasteiger partial charge in [-0.2, -0.15) is 0 Å². The van der Waals surface area contributed by atoms with Gasteiger partial charge in [0.15, 0.2) is 0 Å². The molecule has 2 aromatic rings. The Bertz CT molecular complexity index is 1250. The first-order valence-electron chi connectivity index (χ1n) is 14.6. The molecule has 0 saturated carbocycles. The van der Waals surface area contributed by atoms with E-state index in [0.717, 1.165) is 59.9 Å². The van der Waals surface area contributed by atoms with Crippen molar-refractivity contribution in [2.24, 2.45) is 4.99 Å². The third-order valence-corrected chi connectivity index (χ3v) is 7.56. The Kier molecular flexibility index (Phi) is 16.4. The number of hydrogen-bond donors (Lipinski definition) is 3. The fraction of sp³-hybridized carbons (Fsp3) is 0.424. The van der Waals surface area contributed by atoms with Gasteiger partial charge in [0.05, 0.1) is 23.5 Å². The molecule has 0 saturated heterocycles. The highest BCUT2D eigenvalue weighted by Gasteiger charge is 2.16. The monoisotopic (exact) mass is 610 g/mol. The lowest BCUT2D eigenvalue weighted by Crippen LogP contribution is -2.33. The number of nitrogens with one attached hydrogen (secondary N) is 3. The van der Waals surface area contributed by atoms with E-state index in [2.05, 4.69) is 20.9 Å². The lowest BCUT2D eigenvalue weighted by atomic mass is 9.99. The van der Waals surface area contributed by atoms with E-state index in [1.54, 1.807) is 12.3 Å². The highest BCUT2D eigenvalue weighted by molar-refractivity contribution is 6.32. The van der Waals surface area contributed by atoms with Gasteiger partial charge in [0, 0.05) is 24.9 Å². The Morgan fingerprint density at radius 1 is 1.00 bits per heavy atom. The molecule has 2 rings (SSSR count). The van der Waals surface area contributed by atoms with Gasteiger partial charge in [-0.1, -0.05) is 54.4 Å². The predicted molar refractivity (Wildman–Crippen MR) is 171 cm³/mol. The highest BCUT2D eigenvalue weighted by Crippen LogP contribution is 2.29. The molecule has 0 heterocycles. The number of allylic oxidation sites excluding steroid dienone is 2. The number of aldehydes is 1. The van der Waals surface area contributed by atoms with Crippen LogP contribution < -0.4 is 20.7 Å². The molecule has 0 radical (unpaired) electrons. The van der Waals surface area contributed by atoms with Crippen LogP contribution in [0.5, 0.6) is 5.75 Å². The van der Waals surface area contributed by atoms with E-state index < -0.39 is 6.04 Å². The van der Waals surface area contributed by atoms with E-state index in [-0.39, 0.29) is 25.0 Å². The van der Waals surface area contributed by atoms with Crippen LogP contribution in [0.2, 0.25) is 5.02 Å². The van der Waals surface area contributed by atoms with E-state index in [0.29, 0.717) is 43.0 Å². The maximum Gasteiger partial charge on any atom is 0.222 e. The first kappa shape index (κ1) is 35.2. The summed E-state index contributed by atoms with van der Waals surface area (Å²) in [5, 5.41) is 8.91. The molecule has 232 valence electrons. The fourth-order valence-electron chi connectivity index (χ4n) is 4.55. The zero-order chi connectivity index (χ0) is 31.5. The van der Waals surface area contributed by atoms with Crippen LogP contribution in [0.3, 0.4) is 0 Å². The minimum atomic E-state index is -0.420. The molecule has 0 aliphatic heterocycles. The Morgan fingerprint density at radius 2 is 1.74 bits per heavy atom. The predicted octanol–water partition coefficient (Wildman–Crippen LogP) is 5.36. The molecule has 3 amide bonds. The topological polar surface area (TPSA) is 126 Å². The van der Waals surface area contributed by atoms with Crippen molar-refractivity contribution in [3.8, 4) is 5.75 Å². The molecular weight excluding hydrogens is 568 g/mol. The number of ether oxygens (including phenoxy) is 1. The van der Waals surface area contributed by atoms with Crippen LogP contribution in [0.4, 0.5) is 0 Å². The van der Waals surface area contributed by atoms with Crippen molar-refractivity contribution >= 4 is 48.4 Å². The molecule has 2 aromatic carbocycles. The van der Waals surface area contributed by atoms with Gasteiger partial charge in [0.25, 0.3) is 0 Å². The number of halogens is 1. The number of carbonyl (C=O) groups is 4. The summed E-state index contributed by atoms with van der Waals surface area (Å²) in [6, 6.07) is 12.7. The summed E-state index contributed by atoms with van der Waals surface area (Å²) in [4.78, 5) is 49.6. The summed E-state index contributed by atoms with van der Waals surface area (Å²) in [7, 11) is 0. The van der Waals surface area contributed by atoms with Crippen LogP contribution in [-0.2, 0) is 25.6 Å². The lowest BCUT2D eigenvalue weighted by molar-refractivity contribution is -0.121. The molecule has 2 atom stereocenters. The number of carbonyl (C=O) groups excluding carboxylic acids is 4. The summed E-state index contributed by atoms with van der Waals surface area (Å²) < 4.78 is 5.83. The minimum Gasteiger partial charge on any atom is -0.490 e. The molecule has 43 heavy (non-hydrogen) atoms. The Balaban J connectivity index is 1.79. The number of hydrogen-bond acceptors (Lipinski definition) is 6. The fourth-order valence-corrected chi connectivity index (χ4v) is 4.83. The van der Waals surface area contributed by atoms with E-state index in [1.165, 1.54) is 0 Å². The third-order valence-electron chi connectivity index (χ3n) is 7.14. The van der Waals surface area contributed by atoms with Crippen molar-refractivity contribution in [1.29, 1.82) is 0 Å². The van der Waals surface area contributed by atoms with Crippen LogP contribution in [0.15, 0.2) is 53.2 Å². The molecular formula is C33H43ClN4O5. The second-order valence-electron chi connectivity index (χ2n) is 10.2. The first-order chi connectivity index (χ1) is 20.8. The summed E-state index contributed by atoms with van der Waals surface area (Å²) in [5.74, 6) is 0.409. The summed E-state index contributed by atoms with van der Waals surface area (Å²) >= 11 is 6.56. The number of amides is 3. The molecule has 3 N–H and O–H groups in total. The Labute approximate surface area is 259 Å². The Hall–Kier alpha value is -3.98. The molecule has 0 spiro atoms. The lowest BCUT2D eigenvalue weighted by Gasteiger charge is -2.17. The van der Waals surface area contributed by atoms with Gasteiger partial charge >= 0.3 is 0 Å². The van der Waals surface area contributed by atoms with Crippen molar-refractivity contribution < 1.29 is 23.9 Å². The number of aryl methyl sites for hydroxylation is 1. The summed E-state index contributed by atoms with van der Waals surface area (Å²) in [6.07, 6.45) is 8.10.